The zero-order valence-corrected chi connectivity index (χ0v) is 10.2. The van der Waals surface area contributed by atoms with Crippen molar-refractivity contribution in [2.75, 3.05) is 6.61 Å². The molecule has 0 amide bonds. The van der Waals surface area contributed by atoms with Crippen LogP contribution >= 0.6 is 0 Å². The maximum absolute atomic E-state index is 10.4. The Morgan fingerprint density at radius 2 is 2.00 bits per heavy atom. The molecule has 1 aliphatic carbocycles. The van der Waals surface area contributed by atoms with E-state index in [4.69, 9.17) is 4.74 Å². The predicted molar refractivity (Wildman–Crippen MR) is 62.4 cm³/mol. The molecule has 3 N–H and O–H groups in total. The van der Waals surface area contributed by atoms with Crippen molar-refractivity contribution in [3.63, 3.8) is 0 Å². The van der Waals surface area contributed by atoms with Crippen molar-refractivity contribution in [2.24, 2.45) is 5.92 Å². The second kappa shape index (κ2) is 5.45. The van der Waals surface area contributed by atoms with Gasteiger partial charge in [0.25, 0.3) is 0 Å². The number of rotatable bonds is 3. The molecular formula is C12H24N2O2. The number of hydrogen-bond donors (Lipinski definition) is 3. The van der Waals surface area contributed by atoms with Crippen molar-refractivity contribution in [1.29, 1.82) is 0 Å². The van der Waals surface area contributed by atoms with Crippen molar-refractivity contribution in [1.82, 2.24) is 10.9 Å². The minimum atomic E-state index is -0.751. The van der Waals surface area contributed by atoms with E-state index in [0.717, 1.165) is 38.7 Å². The Bertz CT molecular complexity index is 219. The zero-order chi connectivity index (χ0) is 11.4. The van der Waals surface area contributed by atoms with Gasteiger partial charge in [0.1, 0.15) is 12.0 Å². The molecule has 2 rings (SSSR count). The van der Waals surface area contributed by atoms with Gasteiger partial charge in [0.05, 0.1) is 0 Å². The summed E-state index contributed by atoms with van der Waals surface area (Å²) in [5, 5.41) is 10.4. The molecule has 3 unspecified atom stereocenters. The normalized spacial score (nSPS) is 40.9. The molecule has 0 aromatic rings. The van der Waals surface area contributed by atoms with Gasteiger partial charge in [-0.3, -0.25) is 0 Å². The Balaban J connectivity index is 1.78. The van der Waals surface area contributed by atoms with Crippen LogP contribution in [0.5, 0.6) is 0 Å². The number of hydrogen-bond acceptors (Lipinski definition) is 4. The highest BCUT2D eigenvalue weighted by Crippen LogP contribution is 2.30. The van der Waals surface area contributed by atoms with Crippen molar-refractivity contribution in [2.45, 2.75) is 63.8 Å². The molecule has 0 aromatic carbocycles. The van der Waals surface area contributed by atoms with Crippen LogP contribution in [0.1, 0.15) is 51.9 Å². The molecule has 16 heavy (non-hydrogen) atoms. The average molecular weight is 228 g/mol. The van der Waals surface area contributed by atoms with Crippen LogP contribution in [-0.4, -0.2) is 23.7 Å². The van der Waals surface area contributed by atoms with E-state index in [1.54, 1.807) is 0 Å². The minimum Gasteiger partial charge on any atom is -0.374 e. The fourth-order valence-electron chi connectivity index (χ4n) is 2.58. The molecule has 1 saturated carbocycles. The highest BCUT2D eigenvalue weighted by Gasteiger charge is 2.36. The van der Waals surface area contributed by atoms with Crippen LogP contribution in [0.2, 0.25) is 0 Å². The molecule has 94 valence electrons. The second-order valence-corrected chi connectivity index (χ2v) is 5.20. The molecule has 0 aromatic heterocycles. The van der Waals surface area contributed by atoms with E-state index in [9.17, 15) is 5.11 Å². The highest BCUT2D eigenvalue weighted by atomic mass is 16.5. The van der Waals surface area contributed by atoms with Crippen LogP contribution in [-0.2, 0) is 4.74 Å². The maximum atomic E-state index is 10.4. The van der Waals surface area contributed by atoms with Crippen LogP contribution in [0.4, 0.5) is 0 Å². The Kier molecular flexibility index (Phi) is 4.19. The first-order valence-electron chi connectivity index (χ1n) is 6.57. The monoisotopic (exact) mass is 228 g/mol. The van der Waals surface area contributed by atoms with Crippen molar-refractivity contribution in [3.05, 3.63) is 0 Å². The smallest absolute Gasteiger partial charge is 0.130 e. The van der Waals surface area contributed by atoms with E-state index in [2.05, 4.69) is 17.8 Å². The minimum absolute atomic E-state index is 0.0619. The van der Waals surface area contributed by atoms with Gasteiger partial charge in [0.15, 0.2) is 0 Å². The quantitative estimate of drug-likeness (QED) is 0.506. The molecule has 3 atom stereocenters. The number of aliphatic hydroxyl groups is 1. The van der Waals surface area contributed by atoms with Crippen LogP contribution in [0.15, 0.2) is 0 Å². The lowest BCUT2D eigenvalue weighted by Crippen LogP contribution is -2.60. The second-order valence-electron chi connectivity index (χ2n) is 5.20. The number of nitrogens with one attached hydrogen (secondary N) is 2. The molecular weight excluding hydrogens is 204 g/mol. The third-order valence-electron chi connectivity index (χ3n) is 3.89. The summed E-state index contributed by atoms with van der Waals surface area (Å²) in [4.78, 5) is 0. The summed E-state index contributed by atoms with van der Waals surface area (Å²) in [6.45, 7) is 2.93. The molecule has 1 aliphatic heterocycles. The van der Waals surface area contributed by atoms with Gasteiger partial charge in [0, 0.05) is 6.61 Å². The molecule has 1 heterocycles. The van der Waals surface area contributed by atoms with Crippen molar-refractivity contribution < 1.29 is 9.84 Å². The van der Waals surface area contributed by atoms with E-state index in [1.165, 1.54) is 12.8 Å². The zero-order valence-electron chi connectivity index (χ0n) is 10.2. The summed E-state index contributed by atoms with van der Waals surface area (Å²) in [6.07, 6.45) is 7.69. The molecule has 2 fully saturated rings. The first-order chi connectivity index (χ1) is 7.71. The Hall–Kier alpha value is -0.160. The molecule has 4 nitrogen and oxygen atoms in total. The van der Waals surface area contributed by atoms with Gasteiger partial charge >= 0.3 is 0 Å². The summed E-state index contributed by atoms with van der Waals surface area (Å²) < 4.78 is 5.56. The van der Waals surface area contributed by atoms with Crippen LogP contribution in [0.25, 0.3) is 0 Å². The van der Waals surface area contributed by atoms with Gasteiger partial charge in [-0.1, -0.05) is 13.3 Å². The largest absolute Gasteiger partial charge is 0.374 e. The van der Waals surface area contributed by atoms with Gasteiger partial charge in [0.2, 0.25) is 0 Å². The summed E-state index contributed by atoms with van der Waals surface area (Å²) >= 11 is 0. The Morgan fingerprint density at radius 3 is 2.69 bits per heavy atom. The van der Waals surface area contributed by atoms with Crippen LogP contribution < -0.4 is 10.9 Å². The molecule has 0 spiro atoms. The van der Waals surface area contributed by atoms with Gasteiger partial charge in [-0.2, -0.15) is 0 Å². The summed E-state index contributed by atoms with van der Waals surface area (Å²) in [7, 11) is 0. The van der Waals surface area contributed by atoms with E-state index in [1.807, 2.05) is 0 Å². The summed E-state index contributed by atoms with van der Waals surface area (Å²) in [5.41, 5.74) is 5.49. The Morgan fingerprint density at radius 1 is 1.19 bits per heavy atom. The fraction of sp³-hybridized carbons (Fsp3) is 1.00. The first kappa shape index (κ1) is 12.3. The first-order valence-corrected chi connectivity index (χ1v) is 6.57. The standard InChI is InChI=1S/C12H24N2O2/c1-10-6-2-4-8-12(10,15)14-13-11-7-3-5-9-16-11/h10-11,13-15H,2-9H2,1H3. The van der Waals surface area contributed by atoms with E-state index in [-0.39, 0.29) is 6.23 Å². The molecule has 2 aliphatic rings. The van der Waals surface area contributed by atoms with E-state index < -0.39 is 5.72 Å². The van der Waals surface area contributed by atoms with Crippen LogP contribution in [0.3, 0.4) is 0 Å². The topological polar surface area (TPSA) is 53.5 Å². The highest BCUT2D eigenvalue weighted by molar-refractivity contribution is 4.84. The molecule has 1 saturated heterocycles. The van der Waals surface area contributed by atoms with Gasteiger partial charge < -0.3 is 9.84 Å². The SMILES string of the molecule is CC1CCCCC1(O)NNC1CCCCO1. The molecule has 0 bridgehead atoms. The fourth-order valence-corrected chi connectivity index (χ4v) is 2.58. The van der Waals surface area contributed by atoms with Gasteiger partial charge in [-0.05, 0) is 44.4 Å². The molecule has 0 radical (unpaired) electrons. The lowest BCUT2D eigenvalue weighted by atomic mass is 9.83. The summed E-state index contributed by atoms with van der Waals surface area (Å²) in [5.74, 6) is 0.303. The Labute approximate surface area is 97.7 Å². The predicted octanol–water partition coefficient (Wildman–Crippen LogP) is 1.51. The maximum Gasteiger partial charge on any atom is 0.130 e. The number of ether oxygens (including phenoxy) is 1. The van der Waals surface area contributed by atoms with Gasteiger partial charge in [-0.15, -0.1) is 0 Å². The third kappa shape index (κ3) is 2.94. The summed E-state index contributed by atoms with van der Waals surface area (Å²) in [6, 6.07) is 0. The van der Waals surface area contributed by atoms with Gasteiger partial charge in [-0.25, -0.2) is 10.9 Å². The van der Waals surface area contributed by atoms with Crippen molar-refractivity contribution >= 4 is 0 Å². The van der Waals surface area contributed by atoms with E-state index in [0.29, 0.717) is 5.92 Å². The molecule has 4 heteroatoms. The lowest BCUT2D eigenvalue weighted by molar-refractivity contribution is -0.107. The van der Waals surface area contributed by atoms with E-state index >= 15 is 0 Å². The van der Waals surface area contributed by atoms with Crippen molar-refractivity contribution in [3.8, 4) is 0 Å². The third-order valence-corrected chi connectivity index (χ3v) is 3.89. The lowest BCUT2D eigenvalue weighted by Gasteiger charge is -2.40. The average Bonchev–Trinajstić information content (AvgIpc) is 2.32. The van der Waals surface area contributed by atoms with Crippen LogP contribution in [0, 0.1) is 5.92 Å². The number of hydrazine groups is 1.